The van der Waals surface area contributed by atoms with Crippen LogP contribution in [0.3, 0.4) is 0 Å². The Labute approximate surface area is 206 Å². The van der Waals surface area contributed by atoms with Crippen molar-refractivity contribution < 1.29 is 13.2 Å². The van der Waals surface area contributed by atoms with E-state index in [9.17, 15) is 8.42 Å². The third kappa shape index (κ3) is 4.35. The predicted octanol–water partition coefficient (Wildman–Crippen LogP) is 4.56. The van der Waals surface area contributed by atoms with Crippen molar-refractivity contribution in [2.45, 2.75) is 19.9 Å². The topological polar surface area (TPSA) is 116 Å². The van der Waals surface area contributed by atoms with Gasteiger partial charge in [-0.15, -0.1) is 0 Å². The number of ether oxygens (including phenoxy) is 1. The van der Waals surface area contributed by atoms with Crippen molar-refractivity contribution in [3.63, 3.8) is 0 Å². The zero-order chi connectivity index (χ0) is 24.2. The Morgan fingerprint density at radius 3 is 2.86 bits per heavy atom. The van der Waals surface area contributed by atoms with Gasteiger partial charge in [-0.3, -0.25) is 9.67 Å². The molecule has 2 aromatic carbocycles. The van der Waals surface area contributed by atoms with Crippen molar-refractivity contribution in [1.82, 2.24) is 29.7 Å². The number of benzene rings is 2. The van der Waals surface area contributed by atoms with Crippen molar-refractivity contribution >= 4 is 43.5 Å². The summed E-state index contributed by atoms with van der Waals surface area (Å²) in [5.41, 5.74) is 4.32. The van der Waals surface area contributed by atoms with E-state index < -0.39 is 9.84 Å². The Bertz CT molecular complexity index is 1690. The van der Waals surface area contributed by atoms with Crippen LogP contribution in [0.4, 0.5) is 0 Å². The molecule has 5 aromatic rings. The van der Waals surface area contributed by atoms with Crippen LogP contribution in [0.1, 0.15) is 12.2 Å². The summed E-state index contributed by atoms with van der Waals surface area (Å²) < 4.78 is 31.3. The molecule has 1 aliphatic heterocycles. The van der Waals surface area contributed by atoms with Gasteiger partial charge < -0.3 is 9.72 Å². The van der Waals surface area contributed by atoms with Crippen LogP contribution in [0.15, 0.2) is 48.9 Å². The molecule has 0 bridgehead atoms. The van der Waals surface area contributed by atoms with E-state index in [-0.39, 0.29) is 17.4 Å². The fourth-order valence-corrected chi connectivity index (χ4v) is 6.52. The Morgan fingerprint density at radius 1 is 1.17 bits per heavy atom. The SMILES string of the molecule is Cc1nc2ccc(Oc3ccc4ncc(-c5cnn(C[C@H]6CCS(=O)(=O)C6)c5)nc4c3Cl)cc2[nH]1. The van der Waals surface area contributed by atoms with Gasteiger partial charge in [0.2, 0.25) is 0 Å². The van der Waals surface area contributed by atoms with Gasteiger partial charge in [0.1, 0.15) is 27.9 Å². The van der Waals surface area contributed by atoms with Crippen molar-refractivity contribution in [1.29, 1.82) is 0 Å². The standard InChI is InChI=1S/C24H21ClN6O3S/c1-14-28-18-3-2-17(8-20(18)29-14)34-22-5-4-19-24(23(22)25)30-21(10-26-19)16-9-27-31(12-16)11-15-6-7-35(32,33)13-15/h2-5,8-10,12,15H,6-7,11,13H2,1H3,(H,28,29)/t15-/m1/s1. The molecule has 178 valence electrons. The van der Waals surface area contributed by atoms with Crippen LogP contribution in [-0.2, 0) is 16.4 Å². The van der Waals surface area contributed by atoms with Crippen LogP contribution in [-0.4, -0.2) is 49.6 Å². The highest BCUT2D eigenvalue weighted by Crippen LogP contribution is 2.35. The summed E-state index contributed by atoms with van der Waals surface area (Å²) in [7, 11) is -2.92. The monoisotopic (exact) mass is 508 g/mol. The Balaban J connectivity index is 1.27. The Hall–Kier alpha value is -3.50. The summed E-state index contributed by atoms with van der Waals surface area (Å²) in [6, 6.07) is 9.20. The van der Waals surface area contributed by atoms with Gasteiger partial charge in [0.05, 0.1) is 46.1 Å². The Kier molecular flexibility index (Phi) is 5.23. The lowest BCUT2D eigenvalue weighted by Gasteiger charge is -2.10. The molecule has 0 saturated carbocycles. The van der Waals surface area contributed by atoms with Crippen LogP contribution < -0.4 is 4.74 Å². The van der Waals surface area contributed by atoms with E-state index >= 15 is 0 Å². The molecule has 4 heterocycles. The molecule has 11 heteroatoms. The minimum Gasteiger partial charge on any atom is -0.456 e. The summed E-state index contributed by atoms with van der Waals surface area (Å²) in [6.07, 6.45) is 5.90. The number of imidazole rings is 1. The molecule has 0 amide bonds. The molecule has 9 nitrogen and oxygen atoms in total. The first kappa shape index (κ1) is 22.0. The van der Waals surface area contributed by atoms with E-state index in [2.05, 4.69) is 20.1 Å². The zero-order valence-electron chi connectivity index (χ0n) is 18.8. The second-order valence-corrected chi connectivity index (χ2v) is 11.4. The maximum Gasteiger partial charge on any atom is 0.150 e. The van der Waals surface area contributed by atoms with Gasteiger partial charge in [0.25, 0.3) is 0 Å². The number of sulfone groups is 1. The second kappa shape index (κ2) is 8.31. The van der Waals surface area contributed by atoms with E-state index in [0.717, 1.165) is 22.4 Å². The van der Waals surface area contributed by atoms with Crippen LogP contribution in [0, 0.1) is 12.8 Å². The molecule has 0 radical (unpaired) electrons. The number of aromatic nitrogens is 6. The van der Waals surface area contributed by atoms with E-state index in [4.69, 9.17) is 21.3 Å². The molecule has 0 spiro atoms. The molecule has 0 unspecified atom stereocenters. The number of nitrogens with zero attached hydrogens (tertiary/aromatic N) is 5. The summed E-state index contributed by atoms with van der Waals surface area (Å²) in [6.45, 7) is 2.46. The molecule has 1 fully saturated rings. The van der Waals surface area contributed by atoms with E-state index in [0.29, 0.717) is 46.2 Å². The fourth-order valence-electron chi connectivity index (χ4n) is 4.43. The highest BCUT2D eigenvalue weighted by atomic mass is 35.5. The molecule has 1 atom stereocenters. The molecule has 0 aliphatic carbocycles. The van der Waals surface area contributed by atoms with Gasteiger partial charge in [0.15, 0.2) is 9.84 Å². The van der Waals surface area contributed by atoms with Crippen LogP contribution in [0.2, 0.25) is 5.02 Å². The lowest BCUT2D eigenvalue weighted by Crippen LogP contribution is -2.12. The number of aromatic amines is 1. The van der Waals surface area contributed by atoms with Gasteiger partial charge in [-0.1, -0.05) is 11.6 Å². The van der Waals surface area contributed by atoms with Gasteiger partial charge in [-0.25, -0.2) is 18.4 Å². The average molecular weight is 509 g/mol. The minimum absolute atomic E-state index is 0.0782. The smallest absolute Gasteiger partial charge is 0.150 e. The normalized spacial score (nSPS) is 17.4. The van der Waals surface area contributed by atoms with Crippen molar-refractivity contribution in [3.8, 4) is 22.8 Å². The van der Waals surface area contributed by atoms with Gasteiger partial charge in [0, 0.05) is 24.4 Å². The predicted molar refractivity (Wildman–Crippen MR) is 133 cm³/mol. The first-order valence-corrected chi connectivity index (χ1v) is 13.4. The highest BCUT2D eigenvalue weighted by Gasteiger charge is 2.28. The molecular weight excluding hydrogens is 488 g/mol. The van der Waals surface area contributed by atoms with Crippen molar-refractivity contribution in [2.24, 2.45) is 5.92 Å². The summed E-state index contributed by atoms with van der Waals surface area (Å²) in [5, 5.41) is 4.76. The molecule has 1 aliphatic rings. The first-order valence-electron chi connectivity index (χ1n) is 11.2. The van der Waals surface area contributed by atoms with Gasteiger partial charge >= 0.3 is 0 Å². The maximum atomic E-state index is 11.7. The van der Waals surface area contributed by atoms with Crippen LogP contribution in [0.5, 0.6) is 11.5 Å². The number of H-pyrrole nitrogens is 1. The number of halogens is 1. The lowest BCUT2D eigenvalue weighted by molar-refractivity contribution is 0.458. The largest absolute Gasteiger partial charge is 0.456 e. The van der Waals surface area contributed by atoms with Gasteiger partial charge in [-0.05, 0) is 43.5 Å². The number of aryl methyl sites for hydroxylation is 1. The van der Waals surface area contributed by atoms with Crippen molar-refractivity contribution in [3.05, 3.63) is 59.8 Å². The van der Waals surface area contributed by atoms with Crippen LogP contribution in [0.25, 0.3) is 33.3 Å². The zero-order valence-corrected chi connectivity index (χ0v) is 20.3. The molecule has 1 saturated heterocycles. The minimum atomic E-state index is -2.92. The summed E-state index contributed by atoms with van der Waals surface area (Å²) >= 11 is 6.69. The van der Waals surface area contributed by atoms with Crippen molar-refractivity contribution in [2.75, 3.05) is 11.5 Å². The molecule has 35 heavy (non-hydrogen) atoms. The fraction of sp³-hybridized carbons (Fsp3) is 0.250. The van der Waals surface area contributed by atoms with Crippen LogP contribution >= 0.6 is 11.6 Å². The third-order valence-corrected chi connectivity index (χ3v) is 8.32. The number of nitrogens with one attached hydrogen (secondary N) is 1. The number of hydrogen-bond acceptors (Lipinski definition) is 7. The van der Waals surface area contributed by atoms with Gasteiger partial charge in [-0.2, -0.15) is 5.10 Å². The second-order valence-electron chi connectivity index (χ2n) is 8.82. The quantitative estimate of drug-likeness (QED) is 0.370. The van der Waals surface area contributed by atoms with E-state index in [1.165, 1.54) is 0 Å². The molecule has 6 rings (SSSR count). The lowest BCUT2D eigenvalue weighted by atomic mass is 10.1. The number of hydrogen-bond donors (Lipinski definition) is 1. The average Bonchev–Trinajstić information content (AvgIpc) is 3.53. The maximum absolute atomic E-state index is 11.7. The molecular formula is C24H21ClN6O3S. The molecule has 3 aromatic heterocycles. The Morgan fingerprint density at radius 2 is 2.03 bits per heavy atom. The number of fused-ring (bicyclic) bond motifs is 2. The highest BCUT2D eigenvalue weighted by molar-refractivity contribution is 7.91. The summed E-state index contributed by atoms with van der Waals surface area (Å²) in [4.78, 5) is 16.8. The molecule has 1 N–H and O–H groups in total. The van der Waals surface area contributed by atoms with E-state index in [1.807, 2.05) is 37.4 Å². The number of rotatable bonds is 5. The third-order valence-electron chi connectivity index (χ3n) is 6.12. The first-order chi connectivity index (χ1) is 16.8. The van der Waals surface area contributed by atoms with E-state index in [1.54, 1.807) is 23.1 Å². The summed E-state index contributed by atoms with van der Waals surface area (Å²) in [5.74, 6) is 2.47.